The van der Waals surface area contributed by atoms with Crippen molar-refractivity contribution >= 4 is 53.2 Å². The van der Waals surface area contributed by atoms with Crippen molar-refractivity contribution in [2.24, 2.45) is 15.0 Å². The highest BCUT2D eigenvalue weighted by atomic mass is 32.1. The van der Waals surface area contributed by atoms with Gasteiger partial charge in [-0.25, -0.2) is 24.9 Å². The standard InChI is InChI=1S/C27H25N7S.C2H6/c1-4-10-23(28-6-3)25-14-8-12-21(33-25)18-30-27-16-9-15-26(34-27)29-17-20-11-7-13-24(32-20)22(5-2)31-19-35;1-2/h4-19H,3H2,1-2H3,(H,31,35);1-2H3/b10-4-,22-5-,28-23?,29-17?,30-18+;. The molecule has 0 spiro atoms. The highest BCUT2D eigenvalue weighted by molar-refractivity contribution is 7.78. The third-order valence-corrected chi connectivity index (χ3v) is 4.63. The molecule has 3 aromatic heterocycles. The number of nitrogens with one attached hydrogen (secondary N) is 1. The van der Waals surface area contributed by atoms with E-state index in [-0.39, 0.29) is 0 Å². The first-order chi connectivity index (χ1) is 18.2. The minimum Gasteiger partial charge on any atom is -0.351 e. The zero-order valence-corrected chi connectivity index (χ0v) is 22.4. The Morgan fingerprint density at radius 1 is 0.838 bits per heavy atom. The van der Waals surface area contributed by atoms with Crippen molar-refractivity contribution in [1.82, 2.24) is 20.3 Å². The molecule has 37 heavy (non-hydrogen) atoms. The lowest BCUT2D eigenvalue weighted by Crippen LogP contribution is -2.09. The summed E-state index contributed by atoms with van der Waals surface area (Å²) in [5.74, 6) is 1.04. The molecule has 0 bridgehead atoms. The molecule has 0 saturated heterocycles. The second-order valence-electron chi connectivity index (χ2n) is 6.93. The molecule has 3 aromatic rings. The van der Waals surface area contributed by atoms with E-state index < -0.39 is 0 Å². The lowest BCUT2D eigenvalue weighted by atomic mass is 10.2. The molecule has 0 saturated carbocycles. The fourth-order valence-corrected chi connectivity index (χ4v) is 3.11. The van der Waals surface area contributed by atoms with Crippen LogP contribution in [-0.2, 0) is 0 Å². The Bertz CT molecular complexity index is 1340. The van der Waals surface area contributed by atoms with Gasteiger partial charge in [-0.3, -0.25) is 4.99 Å². The van der Waals surface area contributed by atoms with Crippen LogP contribution in [0.15, 0.2) is 101 Å². The predicted molar refractivity (Wildman–Crippen MR) is 161 cm³/mol. The molecule has 0 aromatic carbocycles. The lowest BCUT2D eigenvalue weighted by molar-refractivity contribution is 1.19. The summed E-state index contributed by atoms with van der Waals surface area (Å²) in [4.78, 5) is 26.9. The summed E-state index contributed by atoms with van der Waals surface area (Å²) in [7, 11) is 0. The zero-order chi connectivity index (χ0) is 26.9. The SMILES string of the molecule is C=CN=C(/C=C\C)c1cccc(/C=N/c2cccc(N=Cc3cccc(/C(=C/C)NC=S)n3)n2)n1.CC. The predicted octanol–water partition coefficient (Wildman–Crippen LogP) is 6.82. The molecule has 0 unspecified atom stereocenters. The summed E-state index contributed by atoms with van der Waals surface area (Å²) in [5, 5.41) is 3.00. The third kappa shape index (κ3) is 9.27. The highest BCUT2D eigenvalue weighted by Gasteiger charge is 2.03. The third-order valence-electron chi connectivity index (χ3n) is 4.52. The van der Waals surface area contributed by atoms with E-state index in [0.717, 1.165) is 22.8 Å². The maximum atomic E-state index is 4.88. The quantitative estimate of drug-likeness (QED) is 0.239. The molecule has 1 N–H and O–H groups in total. The van der Waals surface area contributed by atoms with Gasteiger partial charge in [-0.1, -0.05) is 63.0 Å². The molecule has 0 fully saturated rings. The van der Waals surface area contributed by atoms with Crippen molar-refractivity contribution in [3.05, 3.63) is 108 Å². The van der Waals surface area contributed by atoms with Crippen LogP contribution in [0.4, 0.5) is 11.6 Å². The molecular formula is C29H31N7S. The van der Waals surface area contributed by atoms with Crippen molar-refractivity contribution < 1.29 is 0 Å². The molecule has 3 heterocycles. The lowest BCUT2D eigenvalue weighted by Gasteiger charge is -2.05. The van der Waals surface area contributed by atoms with E-state index in [4.69, 9.17) is 12.2 Å². The van der Waals surface area contributed by atoms with Crippen molar-refractivity contribution in [3.63, 3.8) is 0 Å². The summed E-state index contributed by atoms with van der Waals surface area (Å²) in [6.07, 6.45) is 10.5. The molecule has 7 nitrogen and oxygen atoms in total. The van der Waals surface area contributed by atoms with Crippen LogP contribution in [0.5, 0.6) is 0 Å². The molecule has 0 amide bonds. The first kappa shape index (κ1) is 28.8. The summed E-state index contributed by atoms with van der Waals surface area (Å²) in [6, 6.07) is 16.8. The van der Waals surface area contributed by atoms with Crippen LogP contribution in [0.25, 0.3) is 5.70 Å². The first-order valence-corrected chi connectivity index (χ1v) is 12.3. The number of rotatable bonds is 10. The van der Waals surface area contributed by atoms with E-state index in [1.165, 1.54) is 11.7 Å². The number of nitrogens with zero attached hydrogens (tertiary/aromatic N) is 6. The van der Waals surface area contributed by atoms with Crippen molar-refractivity contribution in [2.75, 3.05) is 0 Å². The minimum absolute atomic E-state index is 0.517. The molecule has 0 aliphatic rings. The number of hydrogen-bond acceptors (Lipinski definition) is 7. The van der Waals surface area contributed by atoms with Gasteiger partial charge in [0.2, 0.25) is 0 Å². The highest BCUT2D eigenvalue weighted by Crippen LogP contribution is 2.15. The number of hydrogen-bond donors (Lipinski definition) is 1. The van der Waals surface area contributed by atoms with Crippen molar-refractivity contribution in [3.8, 4) is 0 Å². The number of aliphatic imine (C=N–C) groups is 3. The van der Waals surface area contributed by atoms with Crippen molar-refractivity contribution in [2.45, 2.75) is 27.7 Å². The van der Waals surface area contributed by atoms with Gasteiger partial charge in [0.15, 0.2) is 11.6 Å². The second kappa shape index (κ2) is 16.3. The van der Waals surface area contributed by atoms with Crippen LogP contribution < -0.4 is 5.32 Å². The van der Waals surface area contributed by atoms with E-state index >= 15 is 0 Å². The van der Waals surface area contributed by atoms with Gasteiger partial charge in [-0.05, 0) is 56.3 Å². The summed E-state index contributed by atoms with van der Waals surface area (Å²) >= 11 is 4.88. The Balaban J connectivity index is 0.00000235. The van der Waals surface area contributed by atoms with Gasteiger partial charge in [0, 0.05) is 6.20 Å². The normalized spacial score (nSPS) is 12.0. The monoisotopic (exact) mass is 509 g/mol. The molecule has 8 heteroatoms. The number of aromatic nitrogens is 3. The summed E-state index contributed by atoms with van der Waals surface area (Å²) < 4.78 is 0. The van der Waals surface area contributed by atoms with Crippen LogP contribution in [0.1, 0.15) is 50.5 Å². The Morgan fingerprint density at radius 2 is 1.41 bits per heavy atom. The number of allylic oxidation sites excluding steroid dienone is 3. The number of thiocarbonyl (C=S) groups is 1. The Kier molecular flexibility index (Phi) is 12.7. The molecule has 188 valence electrons. The van der Waals surface area contributed by atoms with Gasteiger partial charge in [0.1, 0.15) is 0 Å². The molecule has 0 aliphatic heterocycles. The van der Waals surface area contributed by atoms with Gasteiger partial charge >= 0.3 is 0 Å². The zero-order valence-electron chi connectivity index (χ0n) is 21.5. The molecule has 0 atom stereocenters. The maximum Gasteiger partial charge on any atom is 0.154 e. The van der Waals surface area contributed by atoms with E-state index in [0.29, 0.717) is 23.0 Å². The molecule has 3 rings (SSSR count). The Morgan fingerprint density at radius 3 is 1.95 bits per heavy atom. The van der Waals surface area contributed by atoms with E-state index in [1.54, 1.807) is 24.6 Å². The second-order valence-corrected chi connectivity index (χ2v) is 7.16. The Labute approximate surface area is 224 Å². The summed E-state index contributed by atoms with van der Waals surface area (Å²) in [5.41, 5.74) is 5.90. The largest absolute Gasteiger partial charge is 0.351 e. The Hall–Kier alpha value is -4.43. The average Bonchev–Trinajstić information content (AvgIpc) is 2.95. The fourth-order valence-electron chi connectivity index (χ4n) is 2.98. The van der Waals surface area contributed by atoms with Gasteiger partial charge in [0.25, 0.3) is 0 Å². The molecular weight excluding hydrogens is 478 g/mol. The topological polar surface area (TPSA) is 87.8 Å². The van der Waals surface area contributed by atoms with E-state index in [9.17, 15) is 0 Å². The average molecular weight is 510 g/mol. The van der Waals surface area contributed by atoms with E-state index in [1.807, 2.05) is 88.4 Å². The van der Waals surface area contributed by atoms with Gasteiger partial charge in [-0.15, -0.1) is 0 Å². The maximum absolute atomic E-state index is 4.88. The minimum atomic E-state index is 0.517. The van der Waals surface area contributed by atoms with Crippen LogP contribution in [0, 0.1) is 0 Å². The first-order valence-electron chi connectivity index (χ1n) is 11.8. The summed E-state index contributed by atoms with van der Waals surface area (Å²) in [6.45, 7) is 11.5. The van der Waals surface area contributed by atoms with Gasteiger partial charge in [0.05, 0.1) is 52.1 Å². The van der Waals surface area contributed by atoms with Crippen molar-refractivity contribution in [1.29, 1.82) is 0 Å². The molecule has 0 aliphatic carbocycles. The fraction of sp³-hybridized carbons (Fsp3) is 0.138. The van der Waals surface area contributed by atoms with Crippen LogP contribution >= 0.6 is 12.2 Å². The van der Waals surface area contributed by atoms with Crippen LogP contribution in [-0.4, -0.2) is 38.6 Å². The van der Waals surface area contributed by atoms with Crippen LogP contribution in [0.2, 0.25) is 0 Å². The smallest absolute Gasteiger partial charge is 0.154 e. The van der Waals surface area contributed by atoms with E-state index in [2.05, 4.69) is 41.8 Å². The van der Waals surface area contributed by atoms with Gasteiger partial charge in [-0.2, -0.15) is 0 Å². The van der Waals surface area contributed by atoms with Gasteiger partial charge < -0.3 is 5.32 Å². The number of pyridine rings is 3. The molecule has 0 radical (unpaired) electrons. The van der Waals surface area contributed by atoms with Crippen LogP contribution in [0.3, 0.4) is 0 Å².